The fourth-order valence-electron chi connectivity index (χ4n) is 2.12. The standard InChI is InChI=1S/C14H22N4O2/c1-2-11-20-12-5-7-15-14(17-12)16-8-6-13(19)18-9-3-4-10-18/h5,7H,2-4,6,8-11H2,1H3,(H,15,16,17). The summed E-state index contributed by atoms with van der Waals surface area (Å²) in [6.07, 6.45) is 5.32. The van der Waals surface area contributed by atoms with Gasteiger partial charge in [0.25, 0.3) is 0 Å². The monoisotopic (exact) mass is 278 g/mol. The average molecular weight is 278 g/mol. The molecule has 1 saturated heterocycles. The van der Waals surface area contributed by atoms with Crippen LogP contribution in [-0.2, 0) is 4.79 Å². The molecular formula is C14H22N4O2. The van der Waals surface area contributed by atoms with Crippen LogP contribution in [0.25, 0.3) is 0 Å². The maximum absolute atomic E-state index is 11.9. The van der Waals surface area contributed by atoms with Crippen LogP contribution in [0.1, 0.15) is 32.6 Å². The molecule has 0 aromatic carbocycles. The Morgan fingerprint density at radius 1 is 1.45 bits per heavy atom. The topological polar surface area (TPSA) is 67.3 Å². The summed E-state index contributed by atoms with van der Waals surface area (Å²) < 4.78 is 5.44. The molecule has 1 aromatic heterocycles. The van der Waals surface area contributed by atoms with Gasteiger partial charge in [0.2, 0.25) is 17.7 Å². The number of hydrogen-bond acceptors (Lipinski definition) is 5. The first-order chi connectivity index (χ1) is 9.79. The zero-order valence-electron chi connectivity index (χ0n) is 12.0. The molecule has 1 aliphatic heterocycles. The van der Waals surface area contributed by atoms with E-state index in [0.29, 0.717) is 31.4 Å². The van der Waals surface area contributed by atoms with Crippen LogP contribution in [-0.4, -0.2) is 47.0 Å². The van der Waals surface area contributed by atoms with Crippen molar-refractivity contribution in [1.29, 1.82) is 0 Å². The number of carbonyl (C=O) groups is 1. The normalized spacial score (nSPS) is 14.3. The lowest BCUT2D eigenvalue weighted by molar-refractivity contribution is -0.129. The van der Waals surface area contributed by atoms with E-state index in [1.165, 1.54) is 0 Å². The first kappa shape index (κ1) is 14.6. The Morgan fingerprint density at radius 2 is 2.25 bits per heavy atom. The highest BCUT2D eigenvalue weighted by Gasteiger charge is 2.17. The fourth-order valence-corrected chi connectivity index (χ4v) is 2.12. The van der Waals surface area contributed by atoms with Gasteiger partial charge in [0.15, 0.2) is 0 Å². The zero-order chi connectivity index (χ0) is 14.2. The van der Waals surface area contributed by atoms with Crippen LogP contribution in [0.15, 0.2) is 12.3 Å². The summed E-state index contributed by atoms with van der Waals surface area (Å²) in [5.41, 5.74) is 0. The predicted molar refractivity (Wildman–Crippen MR) is 76.7 cm³/mol. The Kier molecular flexibility index (Phi) is 5.58. The molecule has 6 nitrogen and oxygen atoms in total. The number of nitrogens with one attached hydrogen (secondary N) is 1. The van der Waals surface area contributed by atoms with Crippen molar-refractivity contribution in [2.45, 2.75) is 32.6 Å². The highest BCUT2D eigenvalue weighted by Crippen LogP contribution is 2.10. The molecular weight excluding hydrogens is 256 g/mol. The summed E-state index contributed by atoms with van der Waals surface area (Å²) in [5.74, 6) is 1.27. The van der Waals surface area contributed by atoms with Gasteiger partial charge in [-0.3, -0.25) is 4.79 Å². The molecule has 1 aromatic rings. The summed E-state index contributed by atoms with van der Waals surface area (Å²) in [5, 5.41) is 3.07. The van der Waals surface area contributed by atoms with Gasteiger partial charge in [-0.25, -0.2) is 4.98 Å². The van der Waals surface area contributed by atoms with E-state index in [2.05, 4.69) is 15.3 Å². The Labute approximate surface area is 119 Å². The predicted octanol–water partition coefficient (Wildman–Crippen LogP) is 1.69. The third kappa shape index (κ3) is 4.36. The zero-order valence-corrected chi connectivity index (χ0v) is 12.0. The van der Waals surface area contributed by atoms with Crippen LogP contribution in [0.5, 0.6) is 5.88 Å². The number of ether oxygens (including phenoxy) is 1. The summed E-state index contributed by atoms with van der Waals surface area (Å²) >= 11 is 0. The van der Waals surface area contributed by atoms with Crippen LogP contribution < -0.4 is 10.1 Å². The van der Waals surface area contributed by atoms with Crippen LogP contribution in [0, 0.1) is 0 Å². The lowest BCUT2D eigenvalue weighted by Crippen LogP contribution is -2.29. The molecule has 2 rings (SSSR count). The van der Waals surface area contributed by atoms with E-state index >= 15 is 0 Å². The molecule has 0 radical (unpaired) electrons. The molecule has 0 saturated carbocycles. The number of aromatic nitrogens is 2. The number of rotatable bonds is 7. The SMILES string of the molecule is CCCOc1ccnc(NCCC(=O)N2CCCC2)n1. The van der Waals surface area contributed by atoms with E-state index in [0.717, 1.165) is 32.4 Å². The molecule has 0 atom stereocenters. The van der Waals surface area contributed by atoms with Gasteiger partial charge in [0.05, 0.1) is 6.61 Å². The minimum absolute atomic E-state index is 0.202. The molecule has 1 N–H and O–H groups in total. The molecule has 2 heterocycles. The molecule has 0 bridgehead atoms. The fraction of sp³-hybridized carbons (Fsp3) is 0.643. The van der Waals surface area contributed by atoms with Crippen molar-refractivity contribution in [2.24, 2.45) is 0 Å². The Balaban J connectivity index is 1.74. The Morgan fingerprint density at radius 3 is 3.00 bits per heavy atom. The minimum Gasteiger partial charge on any atom is -0.478 e. The Hall–Kier alpha value is -1.85. The molecule has 20 heavy (non-hydrogen) atoms. The second-order valence-corrected chi connectivity index (χ2v) is 4.83. The second kappa shape index (κ2) is 7.67. The van der Waals surface area contributed by atoms with E-state index in [9.17, 15) is 4.79 Å². The maximum Gasteiger partial charge on any atom is 0.225 e. The third-order valence-electron chi connectivity index (χ3n) is 3.16. The van der Waals surface area contributed by atoms with Gasteiger partial charge in [-0.1, -0.05) is 6.92 Å². The van der Waals surface area contributed by atoms with E-state index in [1.807, 2.05) is 11.8 Å². The van der Waals surface area contributed by atoms with Crippen molar-refractivity contribution >= 4 is 11.9 Å². The van der Waals surface area contributed by atoms with Crippen molar-refractivity contribution in [3.8, 4) is 5.88 Å². The largest absolute Gasteiger partial charge is 0.478 e. The smallest absolute Gasteiger partial charge is 0.225 e. The molecule has 1 aliphatic rings. The average Bonchev–Trinajstić information content (AvgIpc) is 3.00. The first-order valence-electron chi connectivity index (χ1n) is 7.27. The van der Waals surface area contributed by atoms with Crippen molar-refractivity contribution in [3.63, 3.8) is 0 Å². The van der Waals surface area contributed by atoms with Crippen molar-refractivity contribution in [1.82, 2.24) is 14.9 Å². The molecule has 110 valence electrons. The molecule has 1 amide bonds. The van der Waals surface area contributed by atoms with Crippen molar-refractivity contribution in [3.05, 3.63) is 12.3 Å². The van der Waals surface area contributed by atoms with E-state index in [4.69, 9.17) is 4.74 Å². The number of hydrogen-bond donors (Lipinski definition) is 1. The summed E-state index contributed by atoms with van der Waals surface area (Å²) in [7, 11) is 0. The molecule has 0 unspecified atom stereocenters. The molecule has 0 spiro atoms. The number of likely N-dealkylation sites (tertiary alicyclic amines) is 1. The number of nitrogens with zero attached hydrogens (tertiary/aromatic N) is 3. The van der Waals surface area contributed by atoms with Gasteiger partial charge in [-0.2, -0.15) is 4.98 Å². The van der Waals surface area contributed by atoms with E-state index in [1.54, 1.807) is 12.3 Å². The van der Waals surface area contributed by atoms with Gasteiger partial charge >= 0.3 is 0 Å². The van der Waals surface area contributed by atoms with Gasteiger partial charge in [-0.15, -0.1) is 0 Å². The van der Waals surface area contributed by atoms with Crippen LogP contribution in [0.3, 0.4) is 0 Å². The summed E-state index contributed by atoms with van der Waals surface area (Å²) in [6, 6.07) is 1.73. The maximum atomic E-state index is 11.9. The molecule has 0 aliphatic carbocycles. The quantitative estimate of drug-likeness (QED) is 0.822. The van der Waals surface area contributed by atoms with Crippen molar-refractivity contribution < 1.29 is 9.53 Å². The highest BCUT2D eigenvalue weighted by atomic mass is 16.5. The lowest BCUT2D eigenvalue weighted by Gasteiger charge is -2.15. The summed E-state index contributed by atoms with van der Waals surface area (Å²) in [4.78, 5) is 22.1. The lowest BCUT2D eigenvalue weighted by atomic mass is 10.3. The van der Waals surface area contributed by atoms with Crippen LogP contribution >= 0.6 is 0 Å². The van der Waals surface area contributed by atoms with E-state index in [-0.39, 0.29) is 5.91 Å². The third-order valence-corrected chi connectivity index (χ3v) is 3.16. The summed E-state index contributed by atoms with van der Waals surface area (Å²) in [6.45, 7) is 5.03. The first-order valence-corrected chi connectivity index (χ1v) is 7.27. The highest BCUT2D eigenvalue weighted by molar-refractivity contribution is 5.76. The van der Waals surface area contributed by atoms with E-state index < -0.39 is 0 Å². The number of anilines is 1. The molecule has 1 fully saturated rings. The number of amides is 1. The minimum atomic E-state index is 0.202. The van der Waals surface area contributed by atoms with Crippen LogP contribution in [0.2, 0.25) is 0 Å². The number of carbonyl (C=O) groups excluding carboxylic acids is 1. The van der Waals surface area contributed by atoms with Gasteiger partial charge in [0.1, 0.15) is 0 Å². The van der Waals surface area contributed by atoms with Gasteiger partial charge in [-0.05, 0) is 19.3 Å². The van der Waals surface area contributed by atoms with Crippen LogP contribution in [0.4, 0.5) is 5.95 Å². The van der Waals surface area contributed by atoms with Gasteiger partial charge < -0.3 is 15.0 Å². The molecule has 6 heteroatoms. The van der Waals surface area contributed by atoms with Gasteiger partial charge in [0, 0.05) is 38.3 Å². The van der Waals surface area contributed by atoms with Crippen molar-refractivity contribution in [2.75, 3.05) is 31.6 Å². The Bertz CT molecular complexity index is 433. The second-order valence-electron chi connectivity index (χ2n) is 4.83.